The molecule has 1 nitrogen and oxygen atoms in total. The predicted octanol–water partition coefficient (Wildman–Crippen LogP) is 14.1. The summed E-state index contributed by atoms with van der Waals surface area (Å²) in [5.74, 6) is 0.660. The molecule has 0 atom stereocenters. The Morgan fingerprint density at radius 3 is 1.10 bits per heavy atom. The number of anilines is 1. The summed E-state index contributed by atoms with van der Waals surface area (Å²) in [6.45, 7) is 20.3. The van der Waals surface area contributed by atoms with Crippen LogP contribution in [-0.4, -0.2) is 29.7 Å². The molecule has 0 heterocycles. The summed E-state index contributed by atoms with van der Waals surface area (Å²) < 4.78 is 4.23. The number of benzene rings is 5. The van der Waals surface area contributed by atoms with E-state index in [-0.39, 0.29) is 11.8 Å². The second kappa shape index (κ2) is 17.4. The molecule has 5 aromatic rings. The standard InChI is InChI=1S/C44H52NSi.C5H9.Sn/c1-31(2)39-29-40(42(35-21-13-9-14-22-35)36-23-15-10-16-24-36)44(45-46(32(3)4,33(5)6)34(7)8)41(30-39)43(37-25-17-11-18-26-37)38-27-19-12-20-28-38;1-2-4-5-3-1;/h9-34,42-43H,1-8H3;1H,2-5H2;/q-1;;+1. The quantitative estimate of drug-likeness (QED) is 0.0798. The molecule has 1 saturated carbocycles. The van der Waals surface area contributed by atoms with Crippen molar-refractivity contribution in [2.45, 2.75) is 119 Å². The Morgan fingerprint density at radius 2 is 0.808 bits per heavy atom. The van der Waals surface area contributed by atoms with Crippen molar-refractivity contribution in [1.29, 1.82) is 0 Å². The van der Waals surface area contributed by atoms with Crippen LogP contribution in [0.15, 0.2) is 133 Å². The van der Waals surface area contributed by atoms with E-state index in [1.807, 2.05) is 0 Å². The van der Waals surface area contributed by atoms with Crippen molar-refractivity contribution in [2.24, 2.45) is 0 Å². The van der Waals surface area contributed by atoms with E-state index in [1.54, 1.807) is 5.69 Å². The van der Waals surface area contributed by atoms with Gasteiger partial charge in [0.15, 0.2) is 0 Å². The molecule has 0 N–H and O–H groups in total. The molecular formula is C49H61NSiSn. The van der Waals surface area contributed by atoms with E-state index < -0.39 is 29.7 Å². The number of nitrogens with zero attached hydrogens (tertiary/aromatic N) is 1. The molecule has 5 aromatic carbocycles. The molecule has 0 amide bonds. The van der Waals surface area contributed by atoms with Crippen molar-refractivity contribution in [3.05, 3.63) is 172 Å². The Labute approximate surface area is 328 Å². The Morgan fingerprint density at radius 1 is 0.481 bits per heavy atom. The molecule has 0 spiro atoms. The molecule has 0 aromatic heterocycles. The van der Waals surface area contributed by atoms with Crippen LogP contribution >= 0.6 is 0 Å². The summed E-state index contributed by atoms with van der Waals surface area (Å²) >= 11 is -1.10. The maximum absolute atomic E-state index is 3.35. The van der Waals surface area contributed by atoms with Gasteiger partial charge in [-0.1, -0.05) is 0 Å². The van der Waals surface area contributed by atoms with Crippen molar-refractivity contribution in [3.63, 3.8) is 0 Å². The fourth-order valence-corrected chi connectivity index (χ4v) is 30.0. The van der Waals surface area contributed by atoms with Gasteiger partial charge in [0.2, 0.25) is 0 Å². The van der Waals surface area contributed by atoms with Gasteiger partial charge in [0.25, 0.3) is 0 Å². The Hall–Kier alpha value is -3.08. The van der Waals surface area contributed by atoms with Gasteiger partial charge in [-0.25, -0.2) is 0 Å². The van der Waals surface area contributed by atoms with Gasteiger partial charge in [-0.05, 0) is 0 Å². The Bertz CT molecular complexity index is 1620. The van der Waals surface area contributed by atoms with Gasteiger partial charge in [0.05, 0.1) is 0 Å². The van der Waals surface area contributed by atoms with Crippen LogP contribution in [0.3, 0.4) is 0 Å². The molecule has 2 radical (unpaired) electrons. The van der Waals surface area contributed by atoms with Gasteiger partial charge < -0.3 is 0 Å². The number of hydrogen-bond acceptors (Lipinski definition) is 1. The summed E-state index contributed by atoms with van der Waals surface area (Å²) in [6, 6.07) is 51.1. The van der Waals surface area contributed by atoms with E-state index >= 15 is 0 Å². The first-order valence-electron chi connectivity index (χ1n) is 20.1. The summed E-state index contributed by atoms with van der Waals surface area (Å²) in [7, 11) is -2.16. The predicted molar refractivity (Wildman–Crippen MR) is 230 cm³/mol. The van der Waals surface area contributed by atoms with Crippen LogP contribution in [0.4, 0.5) is 5.69 Å². The maximum atomic E-state index is 3.35. The van der Waals surface area contributed by atoms with Crippen LogP contribution in [0.25, 0.3) is 0 Å². The monoisotopic (exact) mass is 811 g/mol. The minimum atomic E-state index is -2.16. The van der Waals surface area contributed by atoms with Crippen LogP contribution < -0.4 is 2.79 Å². The third kappa shape index (κ3) is 7.90. The molecule has 270 valence electrons. The molecular weight excluding hydrogens is 749 g/mol. The van der Waals surface area contributed by atoms with Crippen molar-refractivity contribution < 1.29 is 0 Å². The van der Waals surface area contributed by atoms with Crippen LogP contribution in [-0.2, 0) is 0 Å². The average Bonchev–Trinajstić information content (AvgIpc) is 3.66. The average molecular weight is 811 g/mol. The Balaban J connectivity index is 1.83. The third-order valence-electron chi connectivity index (χ3n) is 12.1. The minimum absolute atomic E-state index is 0.130. The van der Waals surface area contributed by atoms with Crippen molar-refractivity contribution in [2.75, 3.05) is 2.79 Å². The van der Waals surface area contributed by atoms with Crippen molar-refractivity contribution in [3.8, 4) is 0 Å². The first-order valence-corrected chi connectivity index (χ1v) is 25.2. The molecule has 1 aliphatic carbocycles. The van der Waals surface area contributed by atoms with Crippen LogP contribution in [0.2, 0.25) is 20.6 Å². The molecule has 6 rings (SSSR count). The molecule has 1 fully saturated rings. The molecule has 3 heteroatoms. The van der Waals surface area contributed by atoms with Crippen molar-refractivity contribution >= 4 is 35.3 Å². The van der Waals surface area contributed by atoms with Gasteiger partial charge in [-0.15, -0.1) is 0 Å². The first-order chi connectivity index (χ1) is 25.1. The van der Waals surface area contributed by atoms with E-state index in [4.69, 9.17) is 0 Å². The molecule has 52 heavy (non-hydrogen) atoms. The van der Waals surface area contributed by atoms with Gasteiger partial charge in [-0.3, -0.25) is 0 Å². The van der Waals surface area contributed by atoms with Gasteiger partial charge in [-0.2, -0.15) is 0 Å². The van der Waals surface area contributed by atoms with E-state index in [1.165, 1.54) is 64.6 Å². The van der Waals surface area contributed by atoms with Crippen LogP contribution in [0.1, 0.15) is 138 Å². The van der Waals surface area contributed by atoms with E-state index in [2.05, 4.69) is 192 Å². The molecule has 0 bridgehead atoms. The van der Waals surface area contributed by atoms with Gasteiger partial charge in [0.1, 0.15) is 0 Å². The molecule has 0 saturated heterocycles. The Kier molecular flexibility index (Phi) is 12.9. The zero-order valence-corrected chi connectivity index (χ0v) is 36.9. The van der Waals surface area contributed by atoms with E-state index in [9.17, 15) is 0 Å². The summed E-state index contributed by atoms with van der Waals surface area (Å²) in [5.41, 5.74) is 13.5. The molecule has 0 unspecified atom stereocenters. The van der Waals surface area contributed by atoms with Crippen LogP contribution in [0.5, 0.6) is 0 Å². The number of rotatable bonds is 14. The molecule has 0 aliphatic heterocycles. The van der Waals surface area contributed by atoms with Crippen LogP contribution in [0, 0.1) is 0 Å². The zero-order valence-electron chi connectivity index (χ0n) is 33.0. The normalized spacial score (nSPS) is 14.1. The SMILES string of the molecule is CC(C)c1cc(C(c2ccccc2)c2ccccc2)c([N]([Sn][CH]2CCCC2)[Si](C(C)C)(C(C)C)C(C)C)c(C(c2ccccc2)c2ccccc2)c1. The fourth-order valence-electron chi connectivity index (χ4n) is 9.80. The summed E-state index contributed by atoms with van der Waals surface area (Å²) in [5, 5.41) is 0. The fraction of sp³-hybridized carbons (Fsp3) is 0.388. The van der Waals surface area contributed by atoms with Gasteiger partial charge in [0, 0.05) is 0 Å². The topological polar surface area (TPSA) is 3.24 Å². The summed E-state index contributed by atoms with van der Waals surface area (Å²) in [4.78, 5) is 0. The third-order valence-corrected chi connectivity index (χ3v) is 26.9. The second-order valence-corrected chi connectivity index (χ2v) is 27.8. The zero-order chi connectivity index (χ0) is 36.8. The van der Waals surface area contributed by atoms with E-state index in [0.29, 0.717) is 22.5 Å². The van der Waals surface area contributed by atoms with Gasteiger partial charge >= 0.3 is 330 Å². The van der Waals surface area contributed by atoms with E-state index in [0.717, 1.165) is 3.93 Å². The van der Waals surface area contributed by atoms with Crippen molar-refractivity contribution in [1.82, 2.24) is 0 Å². The second-order valence-electron chi connectivity index (χ2n) is 16.5. The number of hydrogen-bond donors (Lipinski definition) is 0. The first kappa shape index (κ1) is 38.6. The summed E-state index contributed by atoms with van der Waals surface area (Å²) in [6.07, 6.45) is 5.63. The molecule has 1 aliphatic rings.